The molecule has 0 saturated heterocycles. The van der Waals surface area contributed by atoms with E-state index >= 15 is 0 Å². The zero-order valence-electron chi connectivity index (χ0n) is 11.4. The fourth-order valence-corrected chi connectivity index (χ4v) is 2.81. The number of hydrogen-bond acceptors (Lipinski definition) is 8. The smallest absolute Gasteiger partial charge is 0.246 e. The molecule has 0 aromatic carbocycles. The van der Waals surface area contributed by atoms with Crippen molar-refractivity contribution in [1.82, 2.24) is 19.5 Å². The van der Waals surface area contributed by atoms with Crippen molar-refractivity contribution in [2.45, 2.75) is 6.54 Å². The first-order chi connectivity index (χ1) is 10.7. The lowest BCUT2D eigenvalue weighted by molar-refractivity contribution is 0.379. The summed E-state index contributed by atoms with van der Waals surface area (Å²) in [6.45, 7) is 0.348. The van der Waals surface area contributed by atoms with E-state index in [1.165, 1.54) is 0 Å². The molecular weight excluding hydrogens is 324 g/mol. The molecule has 3 heterocycles. The van der Waals surface area contributed by atoms with Crippen molar-refractivity contribution in [2.75, 3.05) is 11.9 Å². The third-order valence-electron chi connectivity index (χ3n) is 2.85. The summed E-state index contributed by atoms with van der Waals surface area (Å²) < 4.78 is 9.20. The van der Waals surface area contributed by atoms with Gasteiger partial charge in [0.2, 0.25) is 11.7 Å². The predicted octanol–water partition coefficient (Wildman–Crippen LogP) is 2.75. The first-order valence-electron chi connectivity index (χ1n) is 6.18. The van der Waals surface area contributed by atoms with Gasteiger partial charge in [-0.05, 0) is 23.7 Å². The summed E-state index contributed by atoms with van der Waals surface area (Å²) in [5.74, 6) is 0.897. The summed E-state index contributed by atoms with van der Waals surface area (Å²) in [5, 5.41) is 13.9. The molecule has 0 aliphatic carbocycles. The van der Waals surface area contributed by atoms with E-state index in [-0.39, 0.29) is 5.15 Å². The van der Waals surface area contributed by atoms with Crippen LogP contribution in [0.2, 0.25) is 5.15 Å². The van der Waals surface area contributed by atoms with Crippen LogP contribution < -0.4 is 4.90 Å². The molecular formula is C13H9ClN6OS. The summed E-state index contributed by atoms with van der Waals surface area (Å²) >= 11 is 7.02. The van der Waals surface area contributed by atoms with Crippen LogP contribution in [0.25, 0.3) is 11.4 Å². The lowest BCUT2D eigenvalue weighted by Crippen LogP contribution is -2.16. The molecule has 9 heteroatoms. The van der Waals surface area contributed by atoms with Gasteiger partial charge in [0.1, 0.15) is 16.6 Å². The van der Waals surface area contributed by atoms with E-state index in [1.54, 1.807) is 30.4 Å². The second-order valence-corrected chi connectivity index (χ2v) is 5.48. The molecule has 0 spiro atoms. The molecule has 0 aliphatic heterocycles. The number of aromatic nitrogens is 4. The minimum atomic E-state index is 0.205. The number of anilines is 1. The van der Waals surface area contributed by atoms with Crippen molar-refractivity contribution in [3.05, 3.63) is 41.1 Å². The van der Waals surface area contributed by atoms with Gasteiger partial charge in [0, 0.05) is 25.0 Å². The normalized spacial score (nSPS) is 10.4. The average Bonchev–Trinajstić information content (AvgIpc) is 3.14. The van der Waals surface area contributed by atoms with Crippen molar-refractivity contribution in [3.63, 3.8) is 0 Å². The number of halogens is 1. The van der Waals surface area contributed by atoms with Gasteiger partial charge in [-0.3, -0.25) is 4.98 Å². The van der Waals surface area contributed by atoms with Crippen molar-refractivity contribution < 1.29 is 4.52 Å². The summed E-state index contributed by atoms with van der Waals surface area (Å²) in [5.41, 5.74) is 1.12. The van der Waals surface area contributed by atoms with Crippen LogP contribution in [0, 0.1) is 11.3 Å². The Hall–Kier alpha value is -2.50. The molecule has 0 atom stereocenters. The van der Waals surface area contributed by atoms with E-state index in [0.717, 1.165) is 17.1 Å². The molecule has 3 aromatic heterocycles. The third-order valence-corrected chi connectivity index (χ3v) is 4.19. The molecule has 3 rings (SSSR count). The van der Waals surface area contributed by atoms with Crippen LogP contribution in [-0.2, 0) is 6.54 Å². The maximum Gasteiger partial charge on any atom is 0.246 e. The Labute approximate surface area is 135 Å². The van der Waals surface area contributed by atoms with Crippen LogP contribution in [0.1, 0.15) is 11.5 Å². The van der Waals surface area contributed by atoms with Crippen molar-refractivity contribution in [3.8, 4) is 17.5 Å². The highest BCUT2D eigenvalue weighted by Gasteiger charge is 2.18. The number of nitrogens with zero attached hydrogens (tertiary/aromatic N) is 6. The zero-order valence-corrected chi connectivity index (χ0v) is 13.0. The molecule has 3 aromatic rings. The Bertz CT molecular complexity index is 825. The molecule has 0 aliphatic rings. The first kappa shape index (κ1) is 14.4. The number of hydrogen-bond donors (Lipinski definition) is 0. The minimum Gasteiger partial charge on any atom is -0.355 e. The van der Waals surface area contributed by atoms with Gasteiger partial charge in [0.25, 0.3) is 0 Å². The van der Waals surface area contributed by atoms with Crippen LogP contribution in [0.4, 0.5) is 5.00 Å². The van der Waals surface area contributed by atoms with Crippen LogP contribution in [0.5, 0.6) is 0 Å². The van der Waals surface area contributed by atoms with Gasteiger partial charge in [-0.25, -0.2) is 0 Å². The fourth-order valence-electron chi connectivity index (χ4n) is 1.82. The Morgan fingerprint density at radius 2 is 2.36 bits per heavy atom. The van der Waals surface area contributed by atoms with Gasteiger partial charge >= 0.3 is 0 Å². The van der Waals surface area contributed by atoms with E-state index in [2.05, 4.69) is 19.5 Å². The highest BCUT2D eigenvalue weighted by Crippen LogP contribution is 2.31. The second kappa shape index (κ2) is 6.09. The van der Waals surface area contributed by atoms with Gasteiger partial charge in [-0.1, -0.05) is 16.8 Å². The van der Waals surface area contributed by atoms with E-state index in [1.807, 2.05) is 12.1 Å². The van der Waals surface area contributed by atoms with E-state index in [0.29, 0.717) is 28.8 Å². The van der Waals surface area contributed by atoms with Crippen LogP contribution >= 0.6 is 23.1 Å². The van der Waals surface area contributed by atoms with Crippen molar-refractivity contribution in [2.24, 2.45) is 0 Å². The highest BCUT2D eigenvalue weighted by atomic mass is 35.5. The van der Waals surface area contributed by atoms with Crippen molar-refractivity contribution >= 4 is 28.1 Å². The van der Waals surface area contributed by atoms with Gasteiger partial charge in [-0.15, -0.1) is 0 Å². The summed E-state index contributed by atoms with van der Waals surface area (Å²) in [6.07, 6.45) is 3.34. The van der Waals surface area contributed by atoms with Gasteiger partial charge in [-0.2, -0.15) is 14.6 Å². The van der Waals surface area contributed by atoms with Crippen LogP contribution in [-0.4, -0.2) is 26.5 Å². The monoisotopic (exact) mass is 332 g/mol. The molecule has 110 valence electrons. The molecule has 22 heavy (non-hydrogen) atoms. The SMILES string of the molecule is CN(Cc1nc(-c2cccnc2)no1)c1snc(Cl)c1C#N. The number of nitriles is 1. The maximum atomic E-state index is 9.10. The highest BCUT2D eigenvalue weighted by molar-refractivity contribution is 7.10. The molecule has 0 unspecified atom stereocenters. The lowest BCUT2D eigenvalue weighted by Gasteiger charge is -2.13. The summed E-state index contributed by atoms with van der Waals surface area (Å²) in [7, 11) is 1.80. The van der Waals surface area contributed by atoms with Gasteiger partial charge in [0.15, 0.2) is 5.15 Å². The number of pyridine rings is 1. The Morgan fingerprint density at radius 3 is 3.09 bits per heavy atom. The minimum absolute atomic E-state index is 0.205. The molecule has 0 N–H and O–H groups in total. The molecule has 7 nitrogen and oxygen atoms in total. The summed E-state index contributed by atoms with van der Waals surface area (Å²) in [4.78, 5) is 10.1. The van der Waals surface area contributed by atoms with E-state index < -0.39 is 0 Å². The standard InChI is InChI=1S/C13H9ClN6OS/c1-20(13-9(5-15)11(14)19-22-13)7-10-17-12(18-21-10)8-3-2-4-16-6-8/h2-4,6H,7H2,1H3. The Morgan fingerprint density at radius 1 is 1.50 bits per heavy atom. The molecule has 0 saturated carbocycles. The topological polar surface area (TPSA) is 91.7 Å². The Kier molecular flexibility index (Phi) is 4.00. The maximum absolute atomic E-state index is 9.10. The fraction of sp³-hybridized carbons (Fsp3) is 0.154. The molecule has 0 fully saturated rings. The van der Waals surface area contributed by atoms with E-state index in [4.69, 9.17) is 21.4 Å². The summed E-state index contributed by atoms with van der Waals surface area (Å²) in [6, 6.07) is 5.69. The third kappa shape index (κ3) is 2.77. The molecule has 0 amide bonds. The largest absolute Gasteiger partial charge is 0.355 e. The average molecular weight is 333 g/mol. The van der Waals surface area contributed by atoms with Crippen LogP contribution in [0.3, 0.4) is 0 Å². The second-order valence-electron chi connectivity index (χ2n) is 4.37. The van der Waals surface area contributed by atoms with Gasteiger partial charge < -0.3 is 9.42 Å². The van der Waals surface area contributed by atoms with Crippen molar-refractivity contribution in [1.29, 1.82) is 5.26 Å². The molecule has 0 radical (unpaired) electrons. The number of rotatable bonds is 4. The lowest BCUT2D eigenvalue weighted by atomic mass is 10.3. The van der Waals surface area contributed by atoms with Crippen LogP contribution in [0.15, 0.2) is 29.0 Å². The molecule has 0 bridgehead atoms. The first-order valence-corrected chi connectivity index (χ1v) is 7.33. The predicted molar refractivity (Wildman–Crippen MR) is 81.5 cm³/mol. The quantitative estimate of drug-likeness (QED) is 0.725. The zero-order chi connectivity index (χ0) is 15.5. The van der Waals surface area contributed by atoms with E-state index in [9.17, 15) is 0 Å². The Balaban J connectivity index is 1.79. The van der Waals surface area contributed by atoms with Gasteiger partial charge in [0.05, 0.1) is 6.54 Å².